The van der Waals surface area contributed by atoms with Gasteiger partial charge >= 0.3 is 0 Å². The van der Waals surface area contributed by atoms with Gasteiger partial charge in [-0.15, -0.1) is 10.2 Å². The number of aryl methyl sites for hydroxylation is 1. The van der Waals surface area contributed by atoms with Crippen LogP contribution in [0.4, 0.5) is 8.78 Å². The van der Waals surface area contributed by atoms with Gasteiger partial charge in [-0.25, -0.2) is 8.78 Å². The van der Waals surface area contributed by atoms with E-state index in [1.807, 2.05) is 12.1 Å². The summed E-state index contributed by atoms with van der Waals surface area (Å²) in [6.07, 6.45) is 2.84. The van der Waals surface area contributed by atoms with Crippen LogP contribution in [0.5, 0.6) is 0 Å². The van der Waals surface area contributed by atoms with Crippen LogP contribution in [0.15, 0.2) is 71.1 Å². The zero-order valence-corrected chi connectivity index (χ0v) is 20.3. The number of hydrogen-bond acceptors (Lipinski definition) is 5. The van der Waals surface area contributed by atoms with Crippen LogP contribution in [0.25, 0.3) is 22.9 Å². The molecule has 3 aromatic carbocycles. The van der Waals surface area contributed by atoms with Crippen LogP contribution in [-0.2, 0) is 24.1 Å². The highest BCUT2D eigenvalue weighted by molar-refractivity contribution is 5.60. The van der Waals surface area contributed by atoms with Crippen molar-refractivity contribution in [3.05, 3.63) is 95.1 Å². The minimum atomic E-state index is -0.951. The van der Waals surface area contributed by atoms with Crippen molar-refractivity contribution in [1.29, 1.82) is 0 Å². The molecule has 0 amide bonds. The molecule has 1 spiro atoms. The van der Waals surface area contributed by atoms with E-state index in [9.17, 15) is 8.78 Å². The highest BCUT2D eigenvalue weighted by Crippen LogP contribution is 2.44. The Kier molecular flexibility index (Phi) is 5.50. The molecule has 1 atom stereocenters. The van der Waals surface area contributed by atoms with E-state index < -0.39 is 11.6 Å². The zero-order valence-electron chi connectivity index (χ0n) is 20.3. The third-order valence-electron chi connectivity index (χ3n) is 7.52. The summed E-state index contributed by atoms with van der Waals surface area (Å²) < 4.78 is 39.2. The van der Waals surface area contributed by atoms with Crippen LogP contribution in [0.3, 0.4) is 0 Å². The molecule has 0 N–H and O–H groups in total. The Hall–Kier alpha value is -3.42. The minimum Gasteiger partial charge on any atom is -0.416 e. The quantitative estimate of drug-likeness (QED) is 0.344. The molecule has 7 heteroatoms. The summed E-state index contributed by atoms with van der Waals surface area (Å²) in [5.41, 5.74) is 4.50. The number of aromatic nitrogens is 2. The summed E-state index contributed by atoms with van der Waals surface area (Å²) in [6.45, 7) is 5.80. The summed E-state index contributed by atoms with van der Waals surface area (Å²) >= 11 is 0. The van der Waals surface area contributed by atoms with E-state index >= 15 is 0 Å². The molecule has 0 saturated carbocycles. The van der Waals surface area contributed by atoms with Crippen molar-refractivity contribution in [3.8, 4) is 22.9 Å². The molecule has 1 saturated heterocycles. The molecule has 36 heavy (non-hydrogen) atoms. The van der Waals surface area contributed by atoms with Crippen LogP contribution in [-0.4, -0.2) is 33.0 Å². The third-order valence-corrected chi connectivity index (χ3v) is 7.52. The first-order chi connectivity index (χ1) is 17.3. The van der Waals surface area contributed by atoms with Gasteiger partial charge in [-0.05, 0) is 80.1 Å². The molecule has 6 rings (SSSR count). The Bertz CT molecular complexity index is 1420. The molecular weight excluding hydrogens is 460 g/mol. The fourth-order valence-electron chi connectivity index (χ4n) is 5.58. The van der Waals surface area contributed by atoms with Crippen molar-refractivity contribution in [2.75, 3.05) is 6.61 Å². The number of nitrogens with zero attached hydrogens (tertiary/aromatic N) is 3. The van der Waals surface area contributed by atoms with Crippen molar-refractivity contribution in [3.63, 3.8) is 0 Å². The van der Waals surface area contributed by atoms with E-state index in [0.717, 1.165) is 43.5 Å². The predicted molar refractivity (Wildman–Crippen MR) is 132 cm³/mol. The number of fused-ring (bicyclic) bond motifs is 1. The predicted octanol–water partition coefficient (Wildman–Crippen LogP) is 6.18. The van der Waals surface area contributed by atoms with Crippen molar-refractivity contribution < 1.29 is 17.9 Å². The van der Waals surface area contributed by atoms with Crippen LogP contribution >= 0.6 is 0 Å². The van der Waals surface area contributed by atoms with Gasteiger partial charge in [0.2, 0.25) is 11.8 Å². The normalized spacial score (nSPS) is 21.1. The molecule has 2 heterocycles. The van der Waals surface area contributed by atoms with Crippen molar-refractivity contribution in [1.82, 2.24) is 15.1 Å². The molecule has 1 aliphatic heterocycles. The van der Waals surface area contributed by atoms with Gasteiger partial charge in [-0.1, -0.05) is 36.4 Å². The average Bonchev–Trinajstić information content (AvgIpc) is 3.46. The van der Waals surface area contributed by atoms with E-state index in [1.54, 1.807) is 0 Å². The van der Waals surface area contributed by atoms with E-state index in [1.165, 1.54) is 22.8 Å². The van der Waals surface area contributed by atoms with Gasteiger partial charge in [0.25, 0.3) is 0 Å². The molecular formula is C29H27F2N3O2. The number of halogens is 2. The van der Waals surface area contributed by atoms with Crippen LogP contribution in [0.2, 0.25) is 0 Å². The average molecular weight is 488 g/mol. The largest absolute Gasteiger partial charge is 0.416 e. The van der Waals surface area contributed by atoms with Crippen LogP contribution in [0.1, 0.15) is 37.0 Å². The fourth-order valence-corrected chi connectivity index (χ4v) is 5.58. The Balaban J connectivity index is 1.30. The van der Waals surface area contributed by atoms with Gasteiger partial charge in [-0.3, -0.25) is 4.90 Å². The van der Waals surface area contributed by atoms with Crippen molar-refractivity contribution >= 4 is 0 Å². The van der Waals surface area contributed by atoms with Gasteiger partial charge in [0.1, 0.15) is 5.72 Å². The van der Waals surface area contributed by atoms with E-state index in [2.05, 4.69) is 65.3 Å². The molecule has 2 aliphatic rings. The topological polar surface area (TPSA) is 51.4 Å². The summed E-state index contributed by atoms with van der Waals surface area (Å²) in [5.74, 6) is -1.37. The highest BCUT2D eigenvalue weighted by Gasteiger charge is 2.52. The SMILES string of the molecule is CC1(C)OC[C@@]2(CCc3ccc(-c4nnc(-c5ccc(F)c(F)c5)o4)cc3C2)N1Cc1ccccc1. The minimum absolute atomic E-state index is 0.101. The molecule has 0 unspecified atom stereocenters. The molecule has 1 aliphatic carbocycles. The van der Waals surface area contributed by atoms with Gasteiger partial charge < -0.3 is 9.15 Å². The Labute approximate surface area is 208 Å². The second kappa shape index (κ2) is 8.61. The maximum absolute atomic E-state index is 13.7. The standard InChI is InChI=1S/C29H27F2N3O2/c1-28(2)34(17-19-6-4-3-5-7-19)29(18-35-28)13-12-20-8-9-21(14-23(20)16-29)26-32-33-27(36-26)22-10-11-24(30)25(31)15-22/h3-11,14-15H,12-13,16-18H2,1-2H3/t29-/m0/s1. The number of benzene rings is 3. The Morgan fingerprint density at radius 1 is 0.861 bits per heavy atom. The van der Waals surface area contributed by atoms with Gasteiger partial charge in [-0.2, -0.15) is 0 Å². The first kappa shape index (κ1) is 23.0. The van der Waals surface area contributed by atoms with Crippen molar-refractivity contribution in [2.45, 2.75) is 50.9 Å². The van der Waals surface area contributed by atoms with E-state index in [0.29, 0.717) is 18.1 Å². The lowest BCUT2D eigenvalue weighted by molar-refractivity contribution is -0.0673. The fraction of sp³-hybridized carbons (Fsp3) is 0.310. The maximum atomic E-state index is 13.7. The molecule has 1 fully saturated rings. The molecule has 5 nitrogen and oxygen atoms in total. The zero-order chi connectivity index (χ0) is 24.9. The lowest BCUT2D eigenvalue weighted by Crippen LogP contribution is -2.54. The van der Waals surface area contributed by atoms with Gasteiger partial charge in [0.05, 0.1) is 12.1 Å². The van der Waals surface area contributed by atoms with Gasteiger partial charge in [0, 0.05) is 17.7 Å². The molecule has 1 aromatic heterocycles. The highest BCUT2D eigenvalue weighted by atomic mass is 19.2. The second-order valence-corrected chi connectivity index (χ2v) is 10.2. The summed E-state index contributed by atoms with van der Waals surface area (Å²) in [5, 5.41) is 8.24. The van der Waals surface area contributed by atoms with Gasteiger partial charge in [0.15, 0.2) is 11.6 Å². The summed E-state index contributed by atoms with van der Waals surface area (Å²) in [4.78, 5) is 2.51. The number of hydrogen-bond donors (Lipinski definition) is 0. The smallest absolute Gasteiger partial charge is 0.248 e. The second-order valence-electron chi connectivity index (χ2n) is 10.2. The number of rotatable bonds is 4. The molecule has 184 valence electrons. The monoisotopic (exact) mass is 487 g/mol. The molecule has 0 radical (unpaired) electrons. The maximum Gasteiger partial charge on any atom is 0.248 e. The number of ether oxygens (including phenoxy) is 1. The summed E-state index contributed by atoms with van der Waals surface area (Å²) in [6, 6.07) is 20.3. The Morgan fingerprint density at radius 3 is 2.33 bits per heavy atom. The lowest BCUT2D eigenvalue weighted by atomic mass is 9.76. The van der Waals surface area contributed by atoms with Crippen LogP contribution < -0.4 is 0 Å². The van der Waals surface area contributed by atoms with E-state index in [-0.39, 0.29) is 17.2 Å². The van der Waals surface area contributed by atoms with E-state index in [4.69, 9.17) is 9.15 Å². The van der Waals surface area contributed by atoms with Crippen LogP contribution in [0, 0.1) is 11.6 Å². The van der Waals surface area contributed by atoms with Crippen molar-refractivity contribution in [2.24, 2.45) is 0 Å². The first-order valence-corrected chi connectivity index (χ1v) is 12.2. The Morgan fingerprint density at radius 2 is 1.58 bits per heavy atom. The molecule has 0 bridgehead atoms. The summed E-state index contributed by atoms with van der Waals surface area (Å²) in [7, 11) is 0. The first-order valence-electron chi connectivity index (χ1n) is 12.2. The lowest BCUT2D eigenvalue weighted by Gasteiger charge is -2.45. The third kappa shape index (κ3) is 4.02. The molecule has 4 aromatic rings.